The minimum absolute atomic E-state index is 0.134. The first-order chi connectivity index (χ1) is 16.0. The highest BCUT2D eigenvalue weighted by atomic mass is 16.5. The molecule has 3 aromatic carbocycles. The number of benzene rings is 3. The van der Waals surface area contributed by atoms with Crippen LogP contribution in [0.15, 0.2) is 71.8 Å². The summed E-state index contributed by atoms with van der Waals surface area (Å²) in [4.78, 5) is 24.5. The van der Waals surface area contributed by atoms with Crippen LogP contribution in [0.5, 0.6) is 17.2 Å². The van der Waals surface area contributed by atoms with E-state index in [1.54, 1.807) is 42.5 Å². The van der Waals surface area contributed by atoms with Gasteiger partial charge in [-0.3, -0.25) is 9.59 Å². The number of aryl methyl sites for hydroxylation is 1. The molecule has 0 aliphatic rings. The Balaban J connectivity index is 1.54. The van der Waals surface area contributed by atoms with Crippen molar-refractivity contribution in [2.24, 2.45) is 5.10 Å². The van der Waals surface area contributed by atoms with Gasteiger partial charge in [-0.05, 0) is 60.5 Å². The zero-order chi connectivity index (χ0) is 23.6. The summed E-state index contributed by atoms with van der Waals surface area (Å²) in [6, 6.07) is 19.4. The maximum atomic E-state index is 12.3. The molecule has 0 heterocycles. The lowest BCUT2D eigenvalue weighted by atomic mass is 10.2. The summed E-state index contributed by atoms with van der Waals surface area (Å²) in [7, 11) is 3.02. The summed E-state index contributed by atoms with van der Waals surface area (Å²) >= 11 is 0. The zero-order valence-electron chi connectivity index (χ0n) is 18.6. The van der Waals surface area contributed by atoms with Crippen molar-refractivity contribution in [2.75, 3.05) is 26.1 Å². The second-order valence-corrected chi connectivity index (χ2v) is 7.05. The van der Waals surface area contributed by atoms with Gasteiger partial charge in [0.2, 0.25) is 0 Å². The largest absolute Gasteiger partial charge is 0.493 e. The molecular weight excluding hydrogens is 422 g/mol. The maximum absolute atomic E-state index is 12.3. The molecule has 0 unspecified atom stereocenters. The summed E-state index contributed by atoms with van der Waals surface area (Å²) in [6.07, 6.45) is 1.48. The van der Waals surface area contributed by atoms with E-state index in [9.17, 15) is 9.59 Å². The Hall–Kier alpha value is -4.33. The van der Waals surface area contributed by atoms with Crippen LogP contribution >= 0.6 is 0 Å². The minimum Gasteiger partial charge on any atom is -0.493 e. The van der Waals surface area contributed by atoms with Gasteiger partial charge in [-0.2, -0.15) is 5.10 Å². The number of carbonyl (C=O) groups is 2. The molecule has 2 amide bonds. The van der Waals surface area contributed by atoms with Gasteiger partial charge in [0.15, 0.2) is 18.1 Å². The van der Waals surface area contributed by atoms with Gasteiger partial charge >= 0.3 is 0 Å². The van der Waals surface area contributed by atoms with Crippen molar-refractivity contribution in [1.82, 2.24) is 5.43 Å². The number of anilines is 1. The van der Waals surface area contributed by atoms with Gasteiger partial charge in [0.1, 0.15) is 5.75 Å². The maximum Gasteiger partial charge on any atom is 0.271 e. The number of nitrogens with one attached hydrogen (secondary N) is 2. The van der Waals surface area contributed by atoms with Crippen molar-refractivity contribution in [3.63, 3.8) is 0 Å². The smallest absolute Gasteiger partial charge is 0.271 e. The first-order valence-corrected chi connectivity index (χ1v) is 10.1. The van der Waals surface area contributed by atoms with E-state index < -0.39 is 5.91 Å². The summed E-state index contributed by atoms with van der Waals surface area (Å²) in [5.74, 6) is 0.825. The van der Waals surface area contributed by atoms with E-state index in [2.05, 4.69) is 15.8 Å². The van der Waals surface area contributed by atoms with Crippen LogP contribution in [0.3, 0.4) is 0 Å². The summed E-state index contributed by atoms with van der Waals surface area (Å²) < 4.78 is 15.9. The average Bonchev–Trinajstić information content (AvgIpc) is 2.82. The Morgan fingerprint density at radius 2 is 1.73 bits per heavy atom. The quantitative estimate of drug-likeness (QED) is 0.384. The van der Waals surface area contributed by atoms with Gasteiger partial charge in [-0.1, -0.05) is 24.3 Å². The molecule has 33 heavy (non-hydrogen) atoms. The first kappa shape index (κ1) is 23.3. The first-order valence-electron chi connectivity index (χ1n) is 10.1. The van der Waals surface area contributed by atoms with E-state index in [-0.39, 0.29) is 12.5 Å². The third-order valence-corrected chi connectivity index (χ3v) is 4.56. The SMILES string of the molecule is COc1ccc(C(=O)N/N=C/c2cccc(OCC(=O)Nc3cccc(C)c3)c2)cc1OC. The van der Waals surface area contributed by atoms with E-state index >= 15 is 0 Å². The number of methoxy groups -OCH3 is 2. The van der Waals surface area contributed by atoms with Gasteiger partial charge in [-0.25, -0.2) is 5.43 Å². The molecule has 0 aliphatic carbocycles. The Labute approximate surface area is 192 Å². The van der Waals surface area contributed by atoms with Gasteiger partial charge < -0.3 is 19.5 Å². The van der Waals surface area contributed by atoms with E-state index in [0.29, 0.717) is 28.4 Å². The Kier molecular flexibility index (Phi) is 8.02. The van der Waals surface area contributed by atoms with Crippen LogP contribution in [0, 0.1) is 6.92 Å². The van der Waals surface area contributed by atoms with Crippen LogP contribution in [0.25, 0.3) is 0 Å². The van der Waals surface area contributed by atoms with Crippen molar-refractivity contribution < 1.29 is 23.8 Å². The van der Waals surface area contributed by atoms with Gasteiger partial charge in [0, 0.05) is 11.3 Å². The fourth-order valence-corrected chi connectivity index (χ4v) is 2.96. The number of nitrogens with zero attached hydrogens (tertiary/aromatic N) is 1. The molecule has 170 valence electrons. The highest BCUT2D eigenvalue weighted by molar-refractivity contribution is 5.95. The van der Waals surface area contributed by atoms with Crippen molar-refractivity contribution >= 4 is 23.7 Å². The highest BCUT2D eigenvalue weighted by Gasteiger charge is 2.10. The number of ether oxygens (including phenoxy) is 3. The van der Waals surface area contributed by atoms with Crippen LogP contribution < -0.4 is 25.0 Å². The molecule has 0 radical (unpaired) electrons. The molecule has 0 aromatic heterocycles. The number of carbonyl (C=O) groups excluding carboxylic acids is 2. The molecule has 8 heteroatoms. The fraction of sp³-hybridized carbons (Fsp3) is 0.160. The number of hydrogen-bond acceptors (Lipinski definition) is 6. The summed E-state index contributed by atoms with van der Waals surface area (Å²) in [5, 5.41) is 6.78. The molecule has 3 aromatic rings. The predicted molar refractivity (Wildman–Crippen MR) is 126 cm³/mol. The summed E-state index contributed by atoms with van der Waals surface area (Å²) in [5.41, 5.74) is 5.31. The molecule has 3 rings (SSSR count). The van der Waals surface area contributed by atoms with Crippen molar-refractivity contribution in [3.8, 4) is 17.2 Å². The van der Waals surface area contributed by atoms with Gasteiger partial charge in [0.25, 0.3) is 11.8 Å². The van der Waals surface area contributed by atoms with Crippen LogP contribution in [0.2, 0.25) is 0 Å². The zero-order valence-corrected chi connectivity index (χ0v) is 18.6. The lowest BCUT2D eigenvalue weighted by molar-refractivity contribution is -0.118. The van der Waals surface area contributed by atoms with Crippen molar-refractivity contribution in [2.45, 2.75) is 6.92 Å². The molecular formula is C25H25N3O5. The van der Waals surface area contributed by atoms with Crippen LogP contribution in [-0.4, -0.2) is 38.9 Å². The molecule has 0 saturated carbocycles. The molecule has 8 nitrogen and oxygen atoms in total. The topological polar surface area (TPSA) is 98.3 Å². The number of hydrazone groups is 1. The molecule has 0 saturated heterocycles. The van der Waals surface area contributed by atoms with E-state index in [4.69, 9.17) is 14.2 Å². The second kappa shape index (κ2) is 11.3. The molecule has 2 N–H and O–H groups in total. The molecule has 0 bridgehead atoms. The molecule has 0 fully saturated rings. The number of rotatable bonds is 9. The number of hydrogen-bond donors (Lipinski definition) is 2. The minimum atomic E-state index is -0.396. The lowest BCUT2D eigenvalue weighted by Crippen LogP contribution is -2.20. The Bertz CT molecular complexity index is 1160. The van der Waals surface area contributed by atoms with E-state index in [0.717, 1.165) is 11.3 Å². The summed E-state index contributed by atoms with van der Waals surface area (Å²) in [6.45, 7) is 1.82. The number of amides is 2. The van der Waals surface area contributed by atoms with E-state index in [1.807, 2.05) is 31.2 Å². The highest BCUT2D eigenvalue weighted by Crippen LogP contribution is 2.27. The molecule has 0 spiro atoms. The van der Waals surface area contributed by atoms with Crippen molar-refractivity contribution in [3.05, 3.63) is 83.4 Å². The van der Waals surface area contributed by atoms with Gasteiger partial charge in [-0.15, -0.1) is 0 Å². The normalized spacial score (nSPS) is 10.5. The third kappa shape index (κ3) is 6.83. The van der Waals surface area contributed by atoms with Crippen LogP contribution in [0.4, 0.5) is 5.69 Å². The van der Waals surface area contributed by atoms with Gasteiger partial charge in [0.05, 0.1) is 20.4 Å². The predicted octanol–water partition coefficient (Wildman–Crippen LogP) is 3.79. The lowest BCUT2D eigenvalue weighted by Gasteiger charge is -2.09. The van der Waals surface area contributed by atoms with Crippen LogP contribution in [-0.2, 0) is 4.79 Å². The fourth-order valence-electron chi connectivity index (χ4n) is 2.96. The van der Waals surface area contributed by atoms with Crippen molar-refractivity contribution in [1.29, 1.82) is 0 Å². The Morgan fingerprint density at radius 3 is 2.48 bits per heavy atom. The monoisotopic (exact) mass is 447 g/mol. The van der Waals surface area contributed by atoms with Crippen LogP contribution in [0.1, 0.15) is 21.5 Å². The third-order valence-electron chi connectivity index (χ3n) is 4.56. The van der Waals surface area contributed by atoms with E-state index in [1.165, 1.54) is 20.4 Å². The second-order valence-electron chi connectivity index (χ2n) is 7.05. The molecule has 0 atom stereocenters. The standard InChI is InChI=1S/C25H25N3O5/c1-17-6-4-8-20(12-17)27-24(29)16-33-21-9-5-7-18(13-21)15-26-28-25(30)19-10-11-22(31-2)23(14-19)32-3/h4-15H,16H2,1-3H3,(H,27,29)(H,28,30)/b26-15+. The molecule has 0 aliphatic heterocycles. The Morgan fingerprint density at radius 1 is 0.939 bits per heavy atom. The average molecular weight is 447 g/mol.